The minimum atomic E-state index is 0.693. The van der Waals surface area contributed by atoms with Crippen molar-refractivity contribution in [3.63, 3.8) is 0 Å². The van der Waals surface area contributed by atoms with Gasteiger partial charge in [0, 0.05) is 38.4 Å². The van der Waals surface area contributed by atoms with Crippen molar-refractivity contribution >= 4 is 0 Å². The molecule has 0 amide bonds. The van der Waals surface area contributed by atoms with Gasteiger partial charge in [-0.3, -0.25) is 0 Å². The van der Waals surface area contributed by atoms with Crippen LogP contribution in [-0.4, -0.2) is 50.3 Å². The molecule has 1 saturated heterocycles. The largest absolute Gasteiger partial charge is 0.381 e. The van der Waals surface area contributed by atoms with Crippen LogP contribution in [0.1, 0.15) is 51.9 Å². The topological polar surface area (TPSA) is 24.5 Å². The molecule has 0 aromatic carbocycles. The number of hydrogen-bond acceptors (Lipinski definition) is 3. The lowest BCUT2D eigenvalue weighted by molar-refractivity contribution is 0.0764. The van der Waals surface area contributed by atoms with Crippen LogP contribution in [0.3, 0.4) is 0 Å². The molecule has 0 aromatic heterocycles. The highest BCUT2D eigenvalue weighted by atomic mass is 16.5. The minimum absolute atomic E-state index is 0.693. The second-order valence-electron chi connectivity index (χ2n) is 6.40. The summed E-state index contributed by atoms with van der Waals surface area (Å²) in [4.78, 5) is 2.58. The average molecular weight is 268 g/mol. The van der Waals surface area contributed by atoms with Crippen LogP contribution in [0.4, 0.5) is 0 Å². The van der Waals surface area contributed by atoms with E-state index < -0.39 is 0 Å². The molecule has 0 unspecified atom stereocenters. The molecule has 2 fully saturated rings. The van der Waals surface area contributed by atoms with Crippen LogP contribution in [0.15, 0.2) is 0 Å². The maximum absolute atomic E-state index is 5.39. The zero-order valence-electron chi connectivity index (χ0n) is 12.9. The van der Waals surface area contributed by atoms with Gasteiger partial charge in [0.2, 0.25) is 0 Å². The Kier molecular flexibility index (Phi) is 6.62. The third-order valence-electron chi connectivity index (χ3n) is 5.14. The molecule has 0 bridgehead atoms. The minimum Gasteiger partial charge on any atom is -0.381 e. The Balaban J connectivity index is 1.57. The van der Waals surface area contributed by atoms with E-state index in [0.29, 0.717) is 6.04 Å². The summed E-state index contributed by atoms with van der Waals surface area (Å²) in [5.74, 6) is 1.00. The van der Waals surface area contributed by atoms with E-state index in [9.17, 15) is 0 Å². The Labute approximate surface area is 119 Å². The fourth-order valence-corrected chi connectivity index (χ4v) is 3.52. The van der Waals surface area contributed by atoms with Gasteiger partial charge in [-0.05, 0) is 51.5 Å². The van der Waals surface area contributed by atoms with Crippen molar-refractivity contribution in [2.24, 2.45) is 5.92 Å². The Morgan fingerprint density at radius 1 is 1.05 bits per heavy atom. The van der Waals surface area contributed by atoms with Crippen LogP contribution in [0, 0.1) is 5.92 Å². The molecule has 0 atom stereocenters. The monoisotopic (exact) mass is 268 g/mol. The molecular weight excluding hydrogens is 236 g/mol. The van der Waals surface area contributed by atoms with Gasteiger partial charge < -0.3 is 15.0 Å². The van der Waals surface area contributed by atoms with Crippen LogP contribution >= 0.6 is 0 Å². The van der Waals surface area contributed by atoms with E-state index in [0.717, 1.165) is 31.7 Å². The van der Waals surface area contributed by atoms with E-state index in [2.05, 4.69) is 24.2 Å². The van der Waals surface area contributed by atoms with E-state index in [-0.39, 0.29) is 0 Å². The first-order valence-corrected chi connectivity index (χ1v) is 8.31. The Bertz CT molecular complexity index is 233. The third-order valence-corrected chi connectivity index (χ3v) is 5.14. The lowest BCUT2D eigenvalue weighted by Crippen LogP contribution is -2.42. The van der Waals surface area contributed by atoms with Crippen LogP contribution in [0.25, 0.3) is 0 Å². The van der Waals surface area contributed by atoms with Gasteiger partial charge in [-0.2, -0.15) is 0 Å². The summed E-state index contributed by atoms with van der Waals surface area (Å²) in [6, 6.07) is 1.53. The third kappa shape index (κ3) is 5.05. The van der Waals surface area contributed by atoms with Gasteiger partial charge in [-0.1, -0.05) is 13.3 Å². The molecule has 1 aliphatic heterocycles. The van der Waals surface area contributed by atoms with E-state index in [1.54, 1.807) is 0 Å². The maximum atomic E-state index is 5.39. The molecule has 19 heavy (non-hydrogen) atoms. The second-order valence-corrected chi connectivity index (χ2v) is 6.40. The number of rotatable bonds is 6. The first-order chi connectivity index (χ1) is 9.29. The van der Waals surface area contributed by atoms with Crippen molar-refractivity contribution in [3.8, 4) is 0 Å². The molecule has 3 heteroatoms. The number of likely N-dealkylation sites (N-methyl/N-ethyl adjacent to an activating group) is 1. The average Bonchev–Trinajstić information content (AvgIpc) is 2.48. The van der Waals surface area contributed by atoms with Gasteiger partial charge in [0.05, 0.1) is 0 Å². The molecule has 0 spiro atoms. The smallest absolute Gasteiger partial charge is 0.0480 e. The molecule has 2 rings (SSSR count). The van der Waals surface area contributed by atoms with Crippen molar-refractivity contribution in [2.75, 3.05) is 33.4 Å². The zero-order chi connectivity index (χ0) is 13.5. The molecule has 1 heterocycles. The van der Waals surface area contributed by atoms with Gasteiger partial charge in [0.15, 0.2) is 0 Å². The van der Waals surface area contributed by atoms with Gasteiger partial charge in [-0.15, -0.1) is 0 Å². The van der Waals surface area contributed by atoms with Gasteiger partial charge in [0.25, 0.3) is 0 Å². The summed E-state index contributed by atoms with van der Waals surface area (Å²) >= 11 is 0. The molecule has 0 radical (unpaired) electrons. The molecule has 1 N–H and O–H groups in total. The van der Waals surface area contributed by atoms with Crippen molar-refractivity contribution in [3.05, 3.63) is 0 Å². The predicted octanol–water partition coefficient (Wildman–Crippen LogP) is 2.66. The Hall–Kier alpha value is -0.120. The predicted molar refractivity (Wildman–Crippen MR) is 80.5 cm³/mol. The highest BCUT2D eigenvalue weighted by Gasteiger charge is 2.22. The first-order valence-electron chi connectivity index (χ1n) is 8.31. The number of nitrogens with one attached hydrogen (secondary N) is 1. The van der Waals surface area contributed by atoms with Gasteiger partial charge >= 0.3 is 0 Å². The van der Waals surface area contributed by atoms with Crippen molar-refractivity contribution in [2.45, 2.75) is 64.0 Å². The van der Waals surface area contributed by atoms with E-state index in [1.165, 1.54) is 51.5 Å². The maximum Gasteiger partial charge on any atom is 0.0480 e. The number of nitrogens with zero attached hydrogens (tertiary/aromatic N) is 1. The van der Waals surface area contributed by atoms with Gasteiger partial charge in [0.1, 0.15) is 0 Å². The van der Waals surface area contributed by atoms with Crippen LogP contribution in [0.2, 0.25) is 0 Å². The molecule has 2 aliphatic rings. The summed E-state index contributed by atoms with van der Waals surface area (Å²) in [5, 5.41) is 3.69. The fraction of sp³-hybridized carbons (Fsp3) is 1.00. The Morgan fingerprint density at radius 2 is 1.74 bits per heavy atom. The van der Waals surface area contributed by atoms with Crippen LogP contribution in [0.5, 0.6) is 0 Å². The Morgan fingerprint density at radius 3 is 2.37 bits per heavy atom. The molecule has 1 saturated carbocycles. The fourth-order valence-electron chi connectivity index (χ4n) is 3.52. The highest BCUT2D eigenvalue weighted by Crippen LogP contribution is 2.28. The van der Waals surface area contributed by atoms with E-state index >= 15 is 0 Å². The second kappa shape index (κ2) is 8.23. The zero-order valence-corrected chi connectivity index (χ0v) is 12.9. The lowest BCUT2D eigenvalue weighted by atomic mass is 9.84. The van der Waals surface area contributed by atoms with E-state index in [4.69, 9.17) is 4.74 Å². The van der Waals surface area contributed by atoms with Crippen molar-refractivity contribution in [1.82, 2.24) is 10.2 Å². The molecular formula is C16H32N2O. The highest BCUT2D eigenvalue weighted by molar-refractivity contribution is 4.78. The molecule has 0 aromatic rings. The quantitative estimate of drug-likeness (QED) is 0.801. The normalized spacial score (nSPS) is 29.8. The number of ether oxygens (including phenoxy) is 1. The molecule has 3 nitrogen and oxygen atoms in total. The van der Waals surface area contributed by atoms with Crippen LogP contribution in [-0.2, 0) is 4.74 Å². The van der Waals surface area contributed by atoms with Crippen molar-refractivity contribution < 1.29 is 4.74 Å². The van der Waals surface area contributed by atoms with E-state index in [1.807, 2.05) is 0 Å². The van der Waals surface area contributed by atoms with Crippen molar-refractivity contribution in [1.29, 1.82) is 0 Å². The molecule has 1 aliphatic carbocycles. The van der Waals surface area contributed by atoms with Crippen LogP contribution < -0.4 is 5.32 Å². The summed E-state index contributed by atoms with van der Waals surface area (Å²) in [6.45, 7) is 6.54. The number of hydrogen-bond donors (Lipinski definition) is 1. The summed E-state index contributed by atoms with van der Waals surface area (Å²) < 4.78 is 5.39. The van der Waals surface area contributed by atoms with Gasteiger partial charge in [-0.25, -0.2) is 0 Å². The lowest BCUT2D eigenvalue weighted by Gasteiger charge is -2.35. The molecule has 112 valence electrons. The first kappa shape index (κ1) is 15.3. The summed E-state index contributed by atoms with van der Waals surface area (Å²) in [7, 11) is 2.31. The summed E-state index contributed by atoms with van der Waals surface area (Å²) in [6.07, 6.45) is 9.45. The summed E-state index contributed by atoms with van der Waals surface area (Å²) in [5.41, 5.74) is 0. The standard InChI is InChI=1S/C16H32N2O/c1-3-14-4-6-16(7-5-14)18(2)11-10-17-15-8-12-19-13-9-15/h14-17H,3-13H2,1-2H3. The SMILES string of the molecule is CCC1CCC(N(C)CCNC2CCOCC2)CC1.